The van der Waals surface area contributed by atoms with Crippen LogP contribution in [-0.2, 0) is 10.0 Å². The minimum absolute atomic E-state index is 0.0334. The molecule has 0 radical (unpaired) electrons. The van der Waals surface area contributed by atoms with Gasteiger partial charge in [-0.05, 0) is 43.2 Å². The van der Waals surface area contributed by atoms with Crippen LogP contribution in [0.25, 0.3) is 0 Å². The molecule has 0 aromatic heterocycles. The number of sulfonamides is 1. The summed E-state index contributed by atoms with van der Waals surface area (Å²) >= 11 is 0. The van der Waals surface area contributed by atoms with Gasteiger partial charge in [0.05, 0.1) is 25.5 Å². The third kappa shape index (κ3) is 4.63. The fraction of sp³-hybridized carbons (Fsp3) is 0.400. The van der Waals surface area contributed by atoms with E-state index in [0.717, 1.165) is 22.4 Å². The first-order chi connectivity index (χ1) is 12.1. The van der Waals surface area contributed by atoms with E-state index in [0.29, 0.717) is 11.4 Å². The molecule has 0 saturated heterocycles. The van der Waals surface area contributed by atoms with Gasteiger partial charge >= 0.3 is 0 Å². The van der Waals surface area contributed by atoms with Crippen molar-refractivity contribution in [2.75, 3.05) is 39.6 Å². The van der Waals surface area contributed by atoms with Crippen molar-refractivity contribution in [3.05, 3.63) is 59.2 Å². The maximum atomic E-state index is 12.8. The Morgan fingerprint density at radius 2 is 1.65 bits per heavy atom. The minimum atomic E-state index is -3.54. The summed E-state index contributed by atoms with van der Waals surface area (Å²) in [5, 5.41) is 0. The molecule has 1 atom stereocenters. The second-order valence-corrected chi connectivity index (χ2v) is 8.90. The molecule has 0 spiro atoms. The fourth-order valence-electron chi connectivity index (χ4n) is 2.95. The van der Waals surface area contributed by atoms with E-state index in [4.69, 9.17) is 0 Å². The first kappa shape index (κ1) is 20.4. The lowest BCUT2D eigenvalue weighted by atomic mass is 10.1. The summed E-state index contributed by atoms with van der Waals surface area (Å²) in [5.74, 6) is 0. The Bertz CT molecular complexity index is 844. The predicted octanol–water partition coefficient (Wildman–Crippen LogP) is 1.53. The van der Waals surface area contributed by atoms with E-state index in [1.807, 2.05) is 53.0 Å². The number of anilines is 1. The van der Waals surface area contributed by atoms with Crippen LogP contribution in [0.15, 0.2) is 47.4 Å². The number of nitrogens with zero attached hydrogens (tertiary/aromatic N) is 1. The molecule has 0 unspecified atom stereocenters. The molecular formula is C20H30N3O2S+. The maximum Gasteiger partial charge on any atom is 0.241 e. The first-order valence-electron chi connectivity index (χ1n) is 8.76. The minimum Gasteiger partial charge on any atom is -0.378 e. The zero-order valence-corrected chi connectivity index (χ0v) is 17.3. The van der Waals surface area contributed by atoms with E-state index < -0.39 is 10.0 Å². The van der Waals surface area contributed by atoms with Gasteiger partial charge in [-0.1, -0.05) is 24.3 Å². The van der Waals surface area contributed by atoms with E-state index in [1.54, 1.807) is 12.1 Å². The number of aryl methyl sites for hydroxylation is 1. The van der Waals surface area contributed by atoms with Gasteiger partial charge < -0.3 is 9.80 Å². The van der Waals surface area contributed by atoms with Gasteiger partial charge in [0.25, 0.3) is 0 Å². The highest BCUT2D eigenvalue weighted by molar-refractivity contribution is 7.89. The van der Waals surface area contributed by atoms with Crippen LogP contribution in [0.3, 0.4) is 0 Å². The van der Waals surface area contributed by atoms with Crippen molar-refractivity contribution in [3.63, 3.8) is 0 Å². The molecule has 0 fully saturated rings. The van der Waals surface area contributed by atoms with Gasteiger partial charge in [0.15, 0.2) is 0 Å². The zero-order valence-electron chi connectivity index (χ0n) is 16.5. The quantitative estimate of drug-likeness (QED) is 0.771. The highest BCUT2D eigenvalue weighted by Gasteiger charge is 2.23. The van der Waals surface area contributed by atoms with E-state index in [-0.39, 0.29) is 6.04 Å². The standard InChI is InChI=1S/C20H29N3O2S/c1-15-8-7-9-20(16(15)2)26(24,25)21-14-19(23(5)6)17-10-12-18(13-11-17)22(3)4/h7-13,19,21H,14H2,1-6H3/p+1/t19-/m0/s1. The van der Waals surface area contributed by atoms with Gasteiger partial charge in [-0.3, -0.25) is 0 Å². The summed E-state index contributed by atoms with van der Waals surface area (Å²) in [5.41, 5.74) is 4.00. The first-order valence-corrected chi connectivity index (χ1v) is 10.2. The Hall–Kier alpha value is -1.89. The van der Waals surface area contributed by atoms with Crippen molar-refractivity contribution in [3.8, 4) is 0 Å². The second-order valence-electron chi connectivity index (χ2n) is 7.17. The van der Waals surface area contributed by atoms with Gasteiger partial charge in [-0.25, -0.2) is 13.1 Å². The van der Waals surface area contributed by atoms with Gasteiger partial charge in [0.2, 0.25) is 10.0 Å². The molecule has 26 heavy (non-hydrogen) atoms. The summed E-state index contributed by atoms with van der Waals surface area (Å²) in [4.78, 5) is 3.57. The highest BCUT2D eigenvalue weighted by atomic mass is 32.2. The molecule has 2 N–H and O–H groups in total. The fourth-order valence-corrected chi connectivity index (χ4v) is 4.31. The Morgan fingerprint density at radius 1 is 1.04 bits per heavy atom. The summed E-state index contributed by atoms with van der Waals surface area (Å²) in [6, 6.07) is 13.7. The summed E-state index contributed by atoms with van der Waals surface area (Å²) in [7, 11) is 4.54. The molecule has 0 saturated carbocycles. The number of hydrogen-bond donors (Lipinski definition) is 2. The molecule has 2 aromatic carbocycles. The summed E-state index contributed by atoms with van der Waals surface area (Å²) in [6.45, 7) is 4.12. The van der Waals surface area contributed by atoms with Crippen molar-refractivity contribution in [2.24, 2.45) is 0 Å². The van der Waals surface area contributed by atoms with Crippen LogP contribution in [-0.4, -0.2) is 43.2 Å². The number of hydrogen-bond acceptors (Lipinski definition) is 3. The Morgan fingerprint density at radius 3 is 2.19 bits per heavy atom. The normalized spacial score (nSPS) is 13.0. The van der Waals surface area contributed by atoms with Crippen LogP contribution in [0, 0.1) is 13.8 Å². The maximum absolute atomic E-state index is 12.8. The van der Waals surface area contributed by atoms with Crippen LogP contribution in [0.2, 0.25) is 0 Å². The second kappa shape index (κ2) is 8.20. The zero-order chi connectivity index (χ0) is 19.5. The van der Waals surface area contributed by atoms with Crippen molar-refractivity contribution < 1.29 is 13.3 Å². The van der Waals surface area contributed by atoms with Crippen molar-refractivity contribution in [1.29, 1.82) is 0 Å². The van der Waals surface area contributed by atoms with Gasteiger partial charge in [0, 0.05) is 25.3 Å². The number of benzene rings is 2. The van der Waals surface area contributed by atoms with Crippen LogP contribution >= 0.6 is 0 Å². The molecule has 0 aliphatic carbocycles. The summed E-state index contributed by atoms with van der Waals surface area (Å²) < 4.78 is 28.4. The molecule has 0 amide bonds. The lowest BCUT2D eigenvalue weighted by Crippen LogP contribution is -3.07. The van der Waals surface area contributed by atoms with Gasteiger partial charge in [-0.15, -0.1) is 0 Å². The van der Waals surface area contributed by atoms with E-state index in [2.05, 4.69) is 29.0 Å². The molecule has 0 aliphatic heterocycles. The molecule has 0 aliphatic rings. The molecule has 6 heteroatoms. The topological polar surface area (TPSA) is 53.9 Å². The number of rotatable bonds is 7. The van der Waals surface area contributed by atoms with E-state index >= 15 is 0 Å². The molecular weight excluding hydrogens is 346 g/mol. The average molecular weight is 377 g/mol. The van der Waals surface area contributed by atoms with Gasteiger partial charge in [0.1, 0.15) is 6.04 Å². The highest BCUT2D eigenvalue weighted by Crippen LogP contribution is 2.19. The van der Waals surface area contributed by atoms with Gasteiger partial charge in [-0.2, -0.15) is 0 Å². The molecule has 142 valence electrons. The van der Waals surface area contributed by atoms with Crippen LogP contribution in [0.1, 0.15) is 22.7 Å². The monoisotopic (exact) mass is 376 g/mol. The SMILES string of the molecule is Cc1cccc(S(=O)(=O)NC[C@@H](c2ccc(N(C)C)cc2)[NH+](C)C)c1C. The van der Waals surface area contributed by atoms with Crippen molar-refractivity contribution in [2.45, 2.75) is 24.8 Å². The lowest BCUT2D eigenvalue weighted by molar-refractivity contribution is -0.890. The van der Waals surface area contributed by atoms with E-state index in [9.17, 15) is 8.42 Å². The number of likely N-dealkylation sites (N-methyl/N-ethyl adjacent to an activating group) is 1. The van der Waals surface area contributed by atoms with Crippen LogP contribution < -0.4 is 14.5 Å². The van der Waals surface area contributed by atoms with Crippen LogP contribution in [0.4, 0.5) is 5.69 Å². The van der Waals surface area contributed by atoms with Crippen molar-refractivity contribution >= 4 is 15.7 Å². The van der Waals surface area contributed by atoms with Crippen molar-refractivity contribution in [1.82, 2.24) is 4.72 Å². The molecule has 2 aromatic rings. The molecule has 2 rings (SSSR count). The van der Waals surface area contributed by atoms with Crippen LogP contribution in [0.5, 0.6) is 0 Å². The van der Waals surface area contributed by atoms with E-state index in [1.165, 1.54) is 4.90 Å². The largest absolute Gasteiger partial charge is 0.378 e. The number of quaternary nitrogens is 1. The smallest absolute Gasteiger partial charge is 0.241 e. The number of nitrogens with one attached hydrogen (secondary N) is 2. The predicted molar refractivity (Wildman–Crippen MR) is 107 cm³/mol. The summed E-state index contributed by atoms with van der Waals surface area (Å²) in [6.07, 6.45) is 0. The Balaban J connectivity index is 2.21. The molecule has 5 nitrogen and oxygen atoms in total. The Labute approximate surface area is 157 Å². The Kier molecular flexibility index (Phi) is 6.44. The lowest BCUT2D eigenvalue weighted by Gasteiger charge is -2.23. The molecule has 0 heterocycles. The molecule has 0 bridgehead atoms. The third-order valence-corrected chi connectivity index (χ3v) is 6.40. The third-order valence-electron chi connectivity index (χ3n) is 4.83. The average Bonchev–Trinajstić information content (AvgIpc) is 2.57.